The minimum atomic E-state index is -0.127. The average Bonchev–Trinajstić information content (AvgIpc) is 3.50. The lowest BCUT2D eigenvalue weighted by Gasteiger charge is -2.14. The van der Waals surface area contributed by atoms with Gasteiger partial charge in [0.1, 0.15) is 5.58 Å². The van der Waals surface area contributed by atoms with Gasteiger partial charge in [-0.2, -0.15) is 0 Å². The summed E-state index contributed by atoms with van der Waals surface area (Å²) < 4.78 is 24.5. The molecule has 3 rings (SSSR count). The van der Waals surface area contributed by atoms with Gasteiger partial charge >= 0.3 is 0 Å². The molecule has 0 fully saturated rings. The van der Waals surface area contributed by atoms with Crippen molar-refractivity contribution in [3.63, 3.8) is 0 Å². The van der Waals surface area contributed by atoms with Crippen molar-refractivity contribution in [3.05, 3.63) is 29.3 Å². The molecular weight excluding hydrogens is 620 g/mol. The third-order valence-corrected chi connectivity index (χ3v) is 10.7. The van der Waals surface area contributed by atoms with Gasteiger partial charge in [-0.05, 0) is 56.2 Å². The van der Waals surface area contributed by atoms with Gasteiger partial charge in [0.2, 0.25) is 0 Å². The largest absolute Gasteiger partial charge is 0.493 e. The first-order valence-electron chi connectivity index (χ1n) is 20.9. The first kappa shape index (κ1) is 42.0. The predicted molar refractivity (Wildman–Crippen MR) is 214 cm³/mol. The zero-order chi connectivity index (χ0) is 35.8. The smallest absolute Gasteiger partial charge is 0.177 e. The second-order valence-corrected chi connectivity index (χ2v) is 14.9. The first-order valence-corrected chi connectivity index (χ1v) is 20.9. The van der Waals surface area contributed by atoms with Gasteiger partial charge in [-0.15, -0.1) is 0 Å². The number of aliphatic hydroxyl groups excluding tert-OH is 1. The Hall–Kier alpha value is -2.40. The van der Waals surface area contributed by atoms with Crippen LogP contribution in [0.3, 0.4) is 0 Å². The van der Waals surface area contributed by atoms with Crippen molar-refractivity contribution < 1.29 is 23.7 Å². The Morgan fingerprint density at radius 2 is 0.960 bits per heavy atom. The number of rotatable bonds is 31. The number of aliphatic hydroxyl groups is 1. The molecule has 0 saturated heterocycles. The van der Waals surface area contributed by atoms with Crippen LogP contribution in [0.2, 0.25) is 0 Å². The summed E-state index contributed by atoms with van der Waals surface area (Å²) in [5, 5.41) is 12.3. The van der Waals surface area contributed by atoms with Crippen LogP contribution in [0.1, 0.15) is 185 Å². The van der Waals surface area contributed by atoms with Crippen molar-refractivity contribution in [1.29, 1.82) is 0 Å². The second-order valence-electron chi connectivity index (χ2n) is 14.9. The van der Waals surface area contributed by atoms with Gasteiger partial charge in [-0.3, -0.25) is 0 Å². The molecule has 0 radical (unpaired) electrons. The number of hydrogen-bond acceptors (Lipinski definition) is 5. The fraction of sp³-hybridized carbons (Fsp3) is 0.733. The summed E-state index contributed by atoms with van der Waals surface area (Å²) >= 11 is 0. The van der Waals surface area contributed by atoms with Gasteiger partial charge in [0, 0.05) is 10.9 Å². The minimum absolute atomic E-state index is 0.127. The molecule has 5 heteroatoms. The molecule has 0 unspecified atom stereocenters. The van der Waals surface area contributed by atoms with E-state index in [1.165, 1.54) is 128 Å². The van der Waals surface area contributed by atoms with E-state index in [2.05, 4.69) is 32.0 Å². The van der Waals surface area contributed by atoms with Gasteiger partial charge in [-0.1, -0.05) is 155 Å². The molecule has 0 amide bonds. The van der Waals surface area contributed by atoms with Crippen molar-refractivity contribution in [2.24, 2.45) is 0 Å². The van der Waals surface area contributed by atoms with Crippen molar-refractivity contribution in [2.75, 3.05) is 21.3 Å². The molecule has 0 saturated carbocycles. The quantitative estimate of drug-likeness (QED) is 0.0679. The molecule has 0 spiro atoms. The Kier molecular flexibility index (Phi) is 21.5. The van der Waals surface area contributed by atoms with Crippen LogP contribution >= 0.6 is 0 Å². The second kappa shape index (κ2) is 25.5. The minimum Gasteiger partial charge on any atom is -0.493 e. The lowest BCUT2D eigenvalue weighted by Crippen LogP contribution is -2.05. The number of methoxy groups -OCH3 is 3. The Bertz CT molecular complexity index is 1310. The molecule has 1 atom stereocenters. The molecule has 284 valence electrons. The van der Waals surface area contributed by atoms with Gasteiger partial charge in [0.05, 0.1) is 32.8 Å². The Labute approximate surface area is 306 Å². The summed E-state index contributed by atoms with van der Waals surface area (Å²) in [5.41, 5.74) is 3.97. The molecule has 0 aliphatic rings. The standard InChI is InChI=1S/C45H74O5/c1-6-8-10-12-13-14-15-16-17-18-19-22-25-29-36-33-34-39-41-40(50-44(39)42(36)47-3)35-37(43(48-4)45(41)49-5)30-26-23-20-24-28-32-38(46)31-27-21-11-9-7-2/h33-35,38,46H,6-32H2,1-5H3/t38-/m1/s1. The van der Waals surface area contributed by atoms with Crippen LogP contribution < -0.4 is 14.2 Å². The Morgan fingerprint density at radius 3 is 1.44 bits per heavy atom. The van der Waals surface area contributed by atoms with E-state index in [1.54, 1.807) is 21.3 Å². The third-order valence-electron chi connectivity index (χ3n) is 10.7. The topological polar surface area (TPSA) is 61.1 Å². The van der Waals surface area contributed by atoms with Gasteiger partial charge < -0.3 is 23.7 Å². The summed E-state index contributed by atoms with van der Waals surface area (Å²) in [6.45, 7) is 4.53. The number of furan rings is 1. The highest BCUT2D eigenvalue weighted by atomic mass is 16.5. The molecule has 1 N–H and O–H groups in total. The van der Waals surface area contributed by atoms with E-state index in [1.807, 2.05) is 0 Å². The van der Waals surface area contributed by atoms with Crippen molar-refractivity contribution in [3.8, 4) is 17.2 Å². The van der Waals surface area contributed by atoms with E-state index in [9.17, 15) is 5.11 Å². The van der Waals surface area contributed by atoms with Gasteiger partial charge in [-0.25, -0.2) is 0 Å². The van der Waals surface area contributed by atoms with E-state index in [0.29, 0.717) is 0 Å². The summed E-state index contributed by atoms with van der Waals surface area (Å²) in [4.78, 5) is 0. The van der Waals surface area contributed by atoms with Crippen molar-refractivity contribution >= 4 is 21.9 Å². The first-order chi connectivity index (χ1) is 24.6. The molecule has 3 aromatic rings. The SMILES string of the molecule is CCCCCCCCCCCCCCCc1ccc2c(oc3cc(CCCCCCC[C@H](O)CCCCCCC)c(OC)c(OC)c32)c1OC. The molecule has 1 heterocycles. The van der Waals surface area contributed by atoms with Gasteiger partial charge in [0.15, 0.2) is 22.8 Å². The predicted octanol–water partition coefficient (Wildman–Crippen LogP) is 13.8. The van der Waals surface area contributed by atoms with E-state index in [4.69, 9.17) is 18.6 Å². The number of unbranched alkanes of at least 4 members (excludes halogenated alkanes) is 20. The highest BCUT2D eigenvalue weighted by molar-refractivity contribution is 6.11. The van der Waals surface area contributed by atoms with E-state index in [-0.39, 0.29) is 6.10 Å². The van der Waals surface area contributed by atoms with Crippen LogP contribution in [0.25, 0.3) is 21.9 Å². The maximum Gasteiger partial charge on any atom is 0.177 e. The number of hydrogen-bond donors (Lipinski definition) is 1. The van der Waals surface area contributed by atoms with Crippen molar-refractivity contribution in [1.82, 2.24) is 0 Å². The Morgan fingerprint density at radius 1 is 0.520 bits per heavy atom. The molecule has 5 nitrogen and oxygen atoms in total. The molecule has 0 aliphatic carbocycles. The summed E-state index contributed by atoms with van der Waals surface area (Å²) in [7, 11) is 5.21. The monoisotopic (exact) mass is 695 g/mol. The lowest BCUT2D eigenvalue weighted by atomic mass is 9.99. The van der Waals surface area contributed by atoms with Crippen LogP contribution in [-0.2, 0) is 12.8 Å². The zero-order valence-electron chi connectivity index (χ0n) is 33.0. The number of benzene rings is 2. The number of ether oxygens (including phenoxy) is 3. The highest BCUT2D eigenvalue weighted by Crippen LogP contribution is 2.47. The number of fused-ring (bicyclic) bond motifs is 3. The van der Waals surface area contributed by atoms with Gasteiger partial charge in [0.25, 0.3) is 0 Å². The molecule has 50 heavy (non-hydrogen) atoms. The fourth-order valence-corrected chi connectivity index (χ4v) is 7.73. The molecule has 1 aromatic heterocycles. The molecular formula is C45H74O5. The van der Waals surface area contributed by atoms with E-state index < -0.39 is 0 Å². The molecule has 2 aromatic carbocycles. The maximum atomic E-state index is 10.3. The third kappa shape index (κ3) is 14.0. The van der Waals surface area contributed by atoms with E-state index in [0.717, 1.165) is 96.1 Å². The van der Waals surface area contributed by atoms with E-state index >= 15 is 0 Å². The molecule has 0 aliphatic heterocycles. The lowest BCUT2D eigenvalue weighted by molar-refractivity contribution is 0.147. The molecule has 0 bridgehead atoms. The number of aryl methyl sites for hydroxylation is 2. The van der Waals surface area contributed by atoms with Crippen LogP contribution in [-0.4, -0.2) is 32.5 Å². The normalized spacial score (nSPS) is 12.3. The maximum absolute atomic E-state index is 10.3. The summed E-state index contributed by atoms with van der Waals surface area (Å²) in [6.07, 6.45) is 33.4. The average molecular weight is 695 g/mol. The van der Waals surface area contributed by atoms with Crippen LogP contribution in [0.5, 0.6) is 17.2 Å². The van der Waals surface area contributed by atoms with Crippen LogP contribution in [0.4, 0.5) is 0 Å². The van der Waals surface area contributed by atoms with Crippen LogP contribution in [0, 0.1) is 0 Å². The van der Waals surface area contributed by atoms with Crippen molar-refractivity contribution in [2.45, 2.75) is 193 Å². The summed E-state index contributed by atoms with van der Waals surface area (Å²) in [6, 6.07) is 6.54. The fourth-order valence-electron chi connectivity index (χ4n) is 7.73. The zero-order valence-corrected chi connectivity index (χ0v) is 33.0. The highest BCUT2D eigenvalue weighted by Gasteiger charge is 2.23. The Balaban J connectivity index is 1.49. The summed E-state index contributed by atoms with van der Waals surface area (Å²) in [5.74, 6) is 2.40. The van der Waals surface area contributed by atoms with Crippen LogP contribution in [0.15, 0.2) is 22.6 Å².